The van der Waals surface area contributed by atoms with Crippen molar-refractivity contribution in [3.05, 3.63) is 77.2 Å². The number of amides is 2. The minimum Gasteiger partial charge on any atom is -0.507 e. The van der Waals surface area contributed by atoms with E-state index in [-0.39, 0.29) is 22.6 Å². The lowest BCUT2D eigenvalue weighted by molar-refractivity contribution is 0.0830. The van der Waals surface area contributed by atoms with Crippen LogP contribution in [-0.2, 0) is 6.42 Å². The van der Waals surface area contributed by atoms with Crippen molar-refractivity contribution in [3.8, 4) is 22.9 Å². The summed E-state index contributed by atoms with van der Waals surface area (Å²) in [4.78, 5) is 24.7. The van der Waals surface area contributed by atoms with Gasteiger partial charge >= 0.3 is 5.91 Å². The van der Waals surface area contributed by atoms with Gasteiger partial charge in [0.2, 0.25) is 0 Å². The van der Waals surface area contributed by atoms with E-state index in [1.54, 1.807) is 6.07 Å². The fourth-order valence-electron chi connectivity index (χ4n) is 2.79. The third-order valence-corrected chi connectivity index (χ3v) is 4.21. The Bertz CT molecular complexity index is 1060. The zero-order valence-corrected chi connectivity index (χ0v) is 15.0. The van der Waals surface area contributed by atoms with Crippen LogP contribution in [0, 0.1) is 11.3 Å². The van der Waals surface area contributed by atoms with Gasteiger partial charge in [-0.25, -0.2) is 0 Å². The van der Waals surface area contributed by atoms with E-state index < -0.39 is 11.8 Å². The van der Waals surface area contributed by atoms with E-state index in [4.69, 9.17) is 9.68 Å². The minimum atomic E-state index is -0.627. The van der Waals surface area contributed by atoms with Gasteiger partial charge in [-0.05, 0) is 30.2 Å². The number of hydrogen-bond donors (Lipinski definition) is 3. The number of carbonyl (C=O) groups excluding carboxylic acids is 2. The lowest BCUT2D eigenvalue weighted by Gasteiger charge is -2.08. The highest BCUT2D eigenvalue weighted by atomic mass is 16.3. The van der Waals surface area contributed by atoms with Gasteiger partial charge in [0.05, 0.1) is 11.8 Å². The molecule has 0 atom stereocenters. The second-order valence-electron chi connectivity index (χ2n) is 5.93. The van der Waals surface area contributed by atoms with Crippen LogP contribution in [-0.4, -0.2) is 16.9 Å². The number of hydrazine groups is 1. The first-order chi connectivity index (χ1) is 13.5. The van der Waals surface area contributed by atoms with E-state index in [0.717, 1.165) is 16.7 Å². The number of hydrogen-bond acceptors (Lipinski definition) is 5. The minimum absolute atomic E-state index is 0.0363. The standard InChI is InChI=1S/C21H17N3O4/c1-2-16-17(13-6-4-3-5-7-13)12-28-19(16)21(27)24-23-20(26)14-8-9-18(25)15(10-14)11-22/h3-10,12,25H,2H2,1H3,(H,23,26)(H,24,27). The number of nitrogens with zero attached hydrogens (tertiary/aromatic N) is 1. The molecule has 3 aromatic rings. The highest BCUT2D eigenvalue weighted by Gasteiger charge is 2.20. The van der Waals surface area contributed by atoms with E-state index in [2.05, 4.69) is 10.9 Å². The van der Waals surface area contributed by atoms with E-state index in [1.165, 1.54) is 24.5 Å². The number of carbonyl (C=O) groups is 2. The number of furan rings is 1. The largest absolute Gasteiger partial charge is 0.507 e. The first-order valence-electron chi connectivity index (χ1n) is 8.54. The van der Waals surface area contributed by atoms with Gasteiger partial charge in [0.1, 0.15) is 11.8 Å². The molecule has 28 heavy (non-hydrogen) atoms. The second-order valence-corrected chi connectivity index (χ2v) is 5.93. The van der Waals surface area contributed by atoms with Crippen LogP contribution in [0.4, 0.5) is 0 Å². The SMILES string of the molecule is CCc1c(-c2ccccc2)coc1C(=O)NNC(=O)c1ccc(O)c(C#N)c1. The molecule has 0 fully saturated rings. The van der Waals surface area contributed by atoms with Crippen LogP contribution < -0.4 is 10.9 Å². The summed E-state index contributed by atoms with van der Waals surface area (Å²) in [6.45, 7) is 1.91. The summed E-state index contributed by atoms with van der Waals surface area (Å²) in [6, 6.07) is 15.1. The highest BCUT2D eigenvalue weighted by Crippen LogP contribution is 2.28. The molecule has 0 aliphatic rings. The van der Waals surface area contributed by atoms with Gasteiger partial charge in [-0.1, -0.05) is 37.3 Å². The molecule has 0 radical (unpaired) electrons. The second kappa shape index (κ2) is 8.10. The molecule has 2 amide bonds. The Labute approximate surface area is 161 Å². The summed E-state index contributed by atoms with van der Waals surface area (Å²) in [6.07, 6.45) is 2.09. The Morgan fingerprint density at radius 1 is 1.11 bits per heavy atom. The molecule has 1 heterocycles. The molecule has 0 saturated carbocycles. The van der Waals surface area contributed by atoms with Crippen molar-refractivity contribution in [2.24, 2.45) is 0 Å². The van der Waals surface area contributed by atoms with Crippen LogP contribution in [0.25, 0.3) is 11.1 Å². The third kappa shape index (κ3) is 3.71. The summed E-state index contributed by atoms with van der Waals surface area (Å²) >= 11 is 0. The average molecular weight is 375 g/mol. The predicted octanol–water partition coefficient (Wildman–Crippen LogP) is 3.16. The molecule has 0 aliphatic heterocycles. The lowest BCUT2D eigenvalue weighted by atomic mass is 10.0. The van der Waals surface area contributed by atoms with Crippen LogP contribution >= 0.6 is 0 Å². The Balaban J connectivity index is 1.74. The molecule has 7 nitrogen and oxygen atoms in total. The third-order valence-electron chi connectivity index (χ3n) is 4.21. The first-order valence-corrected chi connectivity index (χ1v) is 8.54. The van der Waals surface area contributed by atoms with Crippen molar-refractivity contribution in [1.82, 2.24) is 10.9 Å². The zero-order valence-electron chi connectivity index (χ0n) is 15.0. The molecule has 0 spiro atoms. The smallest absolute Gasteiger partial charge is 0.305 e. The van der Waals surface area contributed by atoms with Gasteiger partial charge in [0.25, 0.3) is 5.91 Å². The Hall–Kier alpha value is -4.05. The van der Waals surface area contributed by atoms with Crippen molar-refractivity contribution in [2.75, 3.05) is 0 Å². The normalized spacial score (nSPS) is 10.1. The number of rotatable bonds is 4. The number of nitriles is 1. The quantitative estimate of drug-likeness (QED) is 0.606. The van der Waals surface area contributed by atoms with Gasteiger partial charge in [-0.3, -0.25) is 20.4 Å². The number of aromatic hydroxyl groups is 1. The maximum Gasteiger partial charge on any atom is 0.305 e. The molecular weight excluding hydrogens is 358 g/mol. The monoisotopic (exact) mass is 375 g/mol. The van der Waals surface area contributed by atoms with Crippen LogP contribution in [0.3, 0.4) is 0 Å². The molecule has 0 bridgehead atoms. The van der Waals surface area contributed by atoms with Crippen molar-refractivity contribution in [2.45, 2.75) is 13.3 Å². The Kier molecular flexibility index (Phi) is 5.42. The van der Waals surface area contributed by atoms with E-state index >= 15 is 0 Å². The number of benzene rings is 2. The van der Waals surface area contributed by atoms with Crippen molar-refractivity contribution < 1.29 is 19.1 Å². The summed E-state index contributed by atoms with van der Waals surface area (Å²) in [5.41, 5.74) is 7.15. The molecular formula is C21H17N3O4. The summed E-state index contributed by atoms with van der Waals surface area (Å²) in [5.74, 6) is -1.32. The van der Waals surface area contributed by atoms with E-state index in [9.17, 15) is 14.7 Å². The molecule has 7 heteroatoms. The summed E-state index contributed by atoms with van der Waals surface area (Å²) in [5, 5.41) is 18.4. The van der Waals surface area contributed by atoms with Gasteiger partial charge in [-0.15, -0.1) is 0 Å². The average Bonchev–Trinajstić information content (AvgIpc) is 3.17. The highest BCUT2D eigenvalue weighted by molar-refractivity contribution is 5.99. The number of phenols is 1. The molecule has 0 saturated heterocycles. The van der Waals surface area contributed by atoms with Gasteiger partial charge in [-0.2, -0.15) is 5.26 Å². The van der Waals surface area contributed by atoms with Gasteiger partial charge in [0.15, 0.2) is 5.76 Å². The first kappa shape index (κ1) is 18.7. The van der Waals surface area contributed by atoms with Crippen molar-refractivity contribution in [3.63, 3.8) is 0 Å². The Morgan fingerprint density at radius 3 is 2.50 bits per heavy atom. The maximum absolute atomic E-state index is 12.5. The fourth-order valence-corrected chi connectivity index (χ4v) is 2.79. The summed E-state index contributed by atoms with van der Waals surface area (Å²) in [7, 11) is 0. The van der Waals surface area contributed by atoms with Crippen LogP contribution in [0.1, 0.15) is 39.0 Å². The lowest BCUT2D eigenvalue weighted by Crippen LogP contribution is -2.41. The maximum atomic E-state index is 12.5. The molecule has 140 valence electrons. The van der Waals surface area contributed by atoms with E-state index in [0.29, 0.717) is 6.42 Å². The van der Waals surface area contributed by atoms with Crippen LogP contribution in [0.5, 0.6) is 5.75 Å². The predicted molar refractivity (Wildman–Crippen MR) is 101 cm³/mol. The number of nitrogens with one attached hydrogen (secondary N) is 2. The molecule has 0 aliphatic carbocycles. The fraction of sp³-hybridized carbons (Fsp3) is 0.0952. The topological polar surface area (TPSA) is 115 Å². The van der Waals surface area contributed by atoms with Crippen LogP contribution in [0.2, 0.25) is 0 Å². The van der Waals surface area contributed by atoms with E-state index in [1.807, 2.05) is 37.3 Å². The van der Waals surface area contributed by atoms with Crippen molar-refractivity contribution >= 4 is 11.8 Å². The molecule has 2 aromatic carbocycles. The van der Waals surface area contributed by atoms with Crippen LogP contribution in [0.15, 0.2) is 59.2 Å². The summed E-state index contributed by atoms with van der Waals surface area (Å²) < 4.78 is 5.45. The van der Waals surface area contributed by atoms with Gasteiger partial charge in [0, 0.05) is 16.7 Å². The molecule has 0 unspecified atom stereocenters. The number of phenolic OH excluding ortho intramolecular Hbond substituents is 1. The zero-order chi connectivity index (χ0) is 20.1. The molecule has 1 aromatic heterocycles. The van der Waals surface area contributed by atoms with Crippen molar-refractivity contribution in [1.29, 1.82) is 5.26 Å². The molecule has 3 N–H and O–H groups in total. The van der Waals surface area contributed by atoms with Gasteiger partial charge < -0.3 is 9.52 Å². The Morgan fingerprint density at radius 2 is 1.82 bits per heavy atom. The molecule has 3 rings (SSSR count).